The van der Waals surface area contributed by atoms with Gasteiger partial charge in [0.2, 0.25) is 0 Å². The van der Waals surface area contributed by atoms with Crippen LogP contribution in [0.2, 0.25) is 0 Å². The number of aliphatic hydroxyl groups is 2. The van der Waals surface area contributed by atoms with Crippen molar-refractivity contribution in [2.45, 2.75) is 95.9 Å². The molecule has 3 N–H and O–H groups in total. The maximum absolute atomic E-state index is 14.1. The summed E-state index contributed by atoms with van der Waals surface area (Å²) in [6, 6.07) is 0. The summed E-state index contributed by atoms with van der Waals surface area (Å²) < 4.78 is 24.1. The molecule has 14 heteroatoms. The second kappa shape index (κ2) is 13.4. The van der Waals surface area contributed by atoms with E-state index in [2.05, 4.69) is 11.9 Å². The van der Waals surface area contributed by atoms with E-state index in [4.69, 9.17) is 18.9 Å². The zero-order valence-electron chi connectivity index (χ0n) is 27.4. The molecule has 45 heavy (non-hydrogen) atoms. The zero-order chi connectivity index (χ0) is 32.2. The van der Waals surface area contributed by atoms with E-state index in [1.165, 1.54) is 19.9 Å². The number of Topliss-reactive ketones (excluding diaryl/α,β-unsaturated/α-hetero) is 1. The zero-order valence-corrected chi connectivity index (χ0v) is 29.0. The molecule has 0 radical (unpaired) electrons. The molecular weight excluding hydrogens is 631 g/mol. The van der Waals surface area contributed by atoms with Crippen LogP contribution in [0.5, 0.6) is 0 Å². The third-order valence-corrected chi connectivity index (χ3v) is 10.8. The van der Waals surface area contributed by atoms with E-state index in [9.17, 15) is 29.4 Å². The normalized spacial score (nSPS) is 39.8. The van der Waals surface area contributed by atoms with Crippen molar-refractivity contribution >= 4 is 48.5 Å². The minimum absolute atomic E-state index is 0. The van der Waals surface area contributed by atoms with Gasteiger partial charge >= 0.3 is 17.9 Å². The molecule has 0 bridgehead atoms. The van der Waals surface area contributed by atoms with Crippen molar-refractivity contribution in [3.8, 4) is 0 Å². The first kappa shape index (κ1) is 39.4. The monoisotopic (exact) mass is 681 g/mol. The number of quaternary nitrogens is 1. The third kappa shape index (κ3) is 6.53. The Hall–Kier alpha value is -1.80. The van der Waals surface area contributed by atoms with E-state index in [1.54, 1.807) is 13.8 Å². The first-order valence-electron chi connectivity index (χ1n) is 15.1. The molecule has 4 aliphatic rings. The first-order valence-corrected chi connectivity index (χ1v) is 15.1. The highest BCUT2D eigenvalue weighted by atomic mass is 35.5. The molecule has 0 aromatic heterocycles. The van der Waals surface area contributed by atoms with Crippen LogP contribution in [0.15, 0.2) is 12.7 Å². The Morgan fingerprint density at radius 2 is 1.69 bits per heavy atom. The average molecular weight is 683 g/mol. The molecule has 2 aliphatic heterocycles. The topological polar surface area (TPSA) is 158 Å². The number of ketones is 1. The predicted octanol–water partition coefficient (Wildman–Crippen LogP) is 1.51. The number of nitrogens with one attached hydrogen (secondary N) is 1. The Morgan fingerprint density at radius 3 is 2.24 bits per heavy atom. The number of likely N-dealkylation sites (N-methyl/N-ethyl adjacent to an activating group) is 1. The number of carbonyl (C=O) groups excluding carboxylic acids is 4. The summed E-state index contributed by atoms with van der Waals surface area (Å²) in [5, 5.41) is 27.5. The highest BCUT2D eigenvalue weighted by Crippen LogP contribution is 2.67. The highest BCUT2D eigenvalue weighted by molar-refractivity contribution is 5.92. The predicted molar refractivity (Wildman–Crippen MR) is 168 cm³/mol. The highest BCUT2D eigenvalue weighted by Gasteiger charge is 2.82. The maximum atomic E-state index is 14.1. The van der Waals surface area contributed by atoms with Crippen LogP contribution in [0.25, 0.3) is 0 Å². The quantitative estimate of drug-likeness (QED) is 0.155. The first-order chi connectivity index (χ1) is 19.8. The van der Waals surface area contributed by atoms with Crippen molar-refractivity contribution in [1.29, 1.82) is 0 Å². The molecule has 2 saturated heterocycles. The van der Waals surface area contributed by atoms with E-state index in [-0.39, 0.29) is 44.2 Å². The summed E-state index contributed by atoms with van der Waals surface area (Å²) in [6.45, 7) is 15.9. The van der Waals surface area contributed by atoms with Crippen LogP contribution >= 0.6 is 24.8 Å². The summed E-state index contributed by atoms with van der Waals surface area (Å²) in [5.74, 6) is -3.64. The van der Waals surface area contributed by atoms with Gasteiger partial charge in [0.15, 0.2) is 30.6 Å². The van der Waals surface area contributed by atoms with Gasteiger partial charge in [0.25, 0.3) is 0 Å². The molecular formula is C31H51Cl2N2O10+. The number of nitrogens with zero attached hydrogens (tertiary/aromatic N) is 1. The lowest BCUT2D eigenvalue weighted by Crippen LogP contribution is -2.87. The molecule has 0 unspecified atom stereocenters. The molecule has 258 valence electrons. The van der Waals surface area contributed by atoms with Crippen molar-refractivity contribution < 1.29 is 52.8 Å². The Balaban J connectivity index is 0.00000353. The second-order valence-electron chi connectivity index (χ2n) is 14.5. The minimum Gasteiger partial charge on any atom is -0.455 e. The van der Waals surface area contributed by atoms with Gasteiger partial charge in [-0.2, -0.15) is 0 Å². The van der Waals surface area contributed by atoms with Gasteiger partial charge in [-0.15, -0.1) is 31.4 Å². The number of ether oxygens (including phenoxy) is 4. The van der Waals surface area contributed by atoms with Crippen molar-refractivity contribution in [3.63, 3.8) is 0 Å². The van der Waals surface area contributed by atoms with Crippen LogP contribution in [-0.4, -0.2) is 120 Å². The van der Waals surface area contributed by atoms with Crippen LogP contribution in [0.3, 0.4) is 0 Å². The van der Waals surface area contributed by atoms with Crippen molar-refractivity contribution in [3.05, 3.63) is 12.7 Å². The number of aliphatic hydroxyl groups excluding tert-OH is 1. The lowest BCUT2D eigenvalue weighted by atomic mass is 9.39. The van der Waals surface area contributed by atoms with Crippen LogP contribution in [0.1, 0.15) is 60.8 Å². The largest absolute Gasteiger partial charge is 0.455 e. The van der Waals surface area contributed by atoms with Crippen LogP contribution in [0, 0.1) is 16.7 Å². The number of esters is 3. The SMILES string of the molecule is C=C[C@@]1(C)CC(=O)[C@]2(O)[C@@]3(C)[C@@H](O)CCC(C)(C)[C@@H]3[C@H](OC(=O)COC(=O)C[N+]3(C)CCNCC3)[C@H](OC(C)=O)[C@@]2(C)O1.Cl.Cl. The van der Waals surface area contributed by atoms with Crippen molar-refractivity contribution in [1.82, 2.24) is 5.32 Å². The molecule has 0 aromatic rings. The summed E-state index contributed by atoms with van der Waals surface area (Å²) in [5.41, 5.74) is -7.82. The van der Waals surface area contributed by atoms with Gasteiger partial charge in [0.1, 0.15) is 11.7 Å². The summed E-state index contributed by atoms with van der Waals surface area (Å²) in [4.78, 5) is 52.7. The number of hydrogen-bond acceptors (Lipinski definition) is 11. The van der Waals surface area contributed by atoms with Crippen LogP contribution in [0.4, 0.5) is 0 Å². The number of piperazine rings is 1. The van der Waals surface area contributed by atoms with Crippen LogP contribution in [-0.2, 0) is 38.1 Å². The third-order valence-electron chi connectivity index (χ3n) is 10.8. The van der Waals surface area contributed by atoms with E-state index >= 15 is 0 Å². The second-order valence-corrected chi connectivity index (χ2v) is 14.5. The summed E-state index contributed by atoms with van der Waals surface area (Å²) in [7, 11) is 1.95. The molecule has 12 nitrogen and oxygen atoms in total. The molecule has 0 aromatic carbocycles. The van der Waals surface area contributed by atoms with Gasteiger partial charge < -0.3 is 39.0 Å². The number of hydrogen-bond donors (Lipinski definition) is 3. The molecule has 2 heterocycles. The smallest absolute Gasteiger partial charge is 0.362 e. The number of halogens is 2. The summed E-state index contributed by atoms with van der Waals surface area (Å²) in [6.07, 6.45) is -1.94. The van der Waals surface area contributed by atoms with Gasteiger partial charge in [0.05, 0.1) is 31.8 Å². The lowest BCUT2D eigenvalue weighted by molar-refractivity contribution is -0.904. The molecule has 0 amide bonds. The lowest BCUT2D eigenvalue weighted by Gasteiger charge is -2.71. The maximum Gasteiger partial charge on any atom is 0.362 e. The molecule has 0 spiro atoms. The van der Waals surface area contributed by atoms with Gasteiger partial charge in [-0.05, 0) is 32.1 Å². The number of fused-ring (bicyclic) bond motifs is 3. The van der Waals surface area contributed by atoms with Gasteiger partial charge in [-0.1, -0.05) is 26.8 Å². The van der Waals surface area contributed by atoms with Gasteiger partial charge in [-0.25, -0.2) is 9.59 Å². The average Bonchev–Trinajstić information content (AvgIpc) is 2.90. The Bertz CT molecular complexity index is 1180. The van der Waals surface area contributed by atoms with E-state index in [0.29, 0.717) is 10.9 Å². The molecule has 8 atom stereocenters. The fourth-order valence-electron chi connectivity index (χ4n) is 8.52. The van der Waals surface area contributed by atoms with E-state index in [0.717, 1.165) is 26.2 Å². The van der Waals surface area contributed by atoms with Crippen molar-refractivity contribution in [2.24, 2.45) is 16.7 Å². The van der Waals surface area contributed by atoms with Gasteiger partial charge in [0, 0.05) is 37.8 Å². The summed E-state index contributed by atoms with van der Waals surface area (Å²) >= 11 is 0. The Labute approximate surface area is 277 Å². The van der Waals surface area contributed by atoms with Crippen molar-refractivity contribution in [2.75, 3.05) is 46.4 Å². The number of rotatable bonds is 7. The standard InChI is InChI=1S/C31H49N2O10.2ClH/c1-9-28(5)16-21(36)31(39)29(6)20(35)10-11-27(3,4)25(29)24(26(41-19(2)34)30(31,7)43-28)42-23(38)18-40-22(37)17-33(8)14-12-32-13-15-33;;/h9,20,24-26,32,35,39H,1,10-18H2,2-8H3;2*1H/q+1;;/t20-,24-,25-,26-,28-,29-,30+,31-;;/m0../s1. The molecule has 4 fully saturated rings. The van der Waals surface area contributed by atoms with E-state index < -0.39 is 82.2 Å². The molecule has 2 aliphatic carbocycles. The molecule has 4 rings (SSSR count). The van der Waals surface area contributed by atoms with Crippen LogP contribution < -0.4 is 5.32 Å². The van der Waals surface area contributed by atoms with E-state index in [1.807, 2.05) is 20.9 Å². The Morgan fingerprint density at radius 1 is 1.09 bits per heavy atom. The molecule has 2 saturated carbocycles. The number of carbonyl (C=O) groups is 4. The minimum atomic E-state index is -2.33. The Kier molecular flexibility index (Phi) is 11.7. The fraction of sp³-hybridized carbons (Fsp3) is 0.806. The fourth-order valence-corrected chi connectivity index (χ4v) is 8.52. The van der Waals surface area contributed by atoms with Gasteiger partial charge in [-0.3, -0.25) is 9.59 Å².